The van der Waals surface area contributed by atoms with E-state index in [2.05, 4.69) is 0 Å². The molecule has 6 N–H and O–H groups in total. The molecule has 0 unspecified atom stereocenters. The second kappa shape index (κ2) is 6.61. The predicted octanol–water partition coefficient (Wildman–Crippen LogP) is 2.58. The summed E-state index contributed by atoms with van der Waals surface area (Å²) in [6, 6.07) is 2.73. The maximum Gasteiger partial charge on any atom is 0.295 e. The number of nitro benzene ring substituents is 1. The first-order valence-electron chi connectivity index (χ1n) is 5.52. The monoisotopic (exact) mass is 318 g/mol. The Morgan fingerprint density at radius 2 is 1.05 bits per heavy atom. The second-order valence-corrected chi connectivity index (χ2v) is 3.98. The molecule has 2 aromatic rings. The van der Waals surface area contributed by atoms with Crippen LogP contribution in [0.25, 0.3) is 0 Å². The zero-order valence-electron chi connectivity index (χ0n) is 10.8. The number of nitrogens with two attached hydrogens (primary N) is 3. The average molecular weight is 318 g/mol. The molecule has 0 aliphatic carbocycles. The molecule has 0 heterocycles. The fourth-order valence-electron chi connectivity index (χ4n) is 1.29. The molecule has 6 nitrogen and oxygen atoms in total. The molecule has 0 spiro atoms. The summed E-state index contributed by atoms with van der Waals surface area (Å²) < 4.78 is 49.2. The van der Waals surface area contributed by atoms with Crippen LogP contribution in [0.2, 0.25) is 0 Å². The van der Waals surface area contributed by atoms with Gasteiger partial charge in [-0.1, -0.05) is 0 Å². The summed E-state index contributed by atoms with van der Waals surface area (Å²) >= 11 is 0. The van der Waals surface area contributed by atoms with Gasteiger partial charge in [0.25, 0.3) is 5.69 Å². The number of halogens is 4. The molecule has 0 atom stereocenters. The standard InChI is InChI=1S/C6H4F2N2O2.C6H6F2N2/c7-3-1-5(9)6(10(11)12)2-4(3)8;7-3-1-5(9)6(10)2-4(3)8/h1-2H,9H2;1-2H,9-10H2. The van der Waals surface area contributed by atoms with Crippen LogP contribution in [0.5, 0.6) is 0 Å². The number of hydrogen-bond acceptors (Lipinski definition) is 5. The lowest BCUT2D eigenvalue weighted by molar-refractivity contribution is -0.384. The van der Waals surface area contributed by atoms with E-state index in [1.165, 1.54) is 0 Å². The van der Waals surface area contributed by atoms with Crippen molar-refractivity contribution in [1.82, 2.24) is 0 Å². The lowest BCUT2D eigenvalue weighted by Crippen LogP contribution is -1.98. The van der Waals surface area contributed by atoms with E-state index in [0.29, 0.717) is 12.1 Å². The van der Waals surface area contributed by atoms with Crippen molar-refractivity contribution in [1.29, 1.82) is 0 Å². The van der Waals surface area contributed by atoms with Crippen molar-refractivity contribution in [2.24, 2.45) is 0 Å². The third kappa shape index (κ3) is 3.98. The maximum atomic E-state index is 12.4. The Morgan fingerprint density at radius 1 is 0.727 bits per heavy atom. The Bertz CT molecular complexity index is 675. The average Bonchev–Trinajstić information content (AvgIpc) is 2.41. The van der Waals surface area contributed by atoms with Crippen molar-refractivity contribution in [2.75, 3.05) is 17.2 Å². The molecule has 0 bridgehead atoms. The van der Waals surface area contributed by atoms with Gasteiger partial charge in [0.2, 0.25) is 0 Å². The number of nitro groups is 1. The number of nitrogens with zero attached hydrogens (tertiary/aromatic N) is 1. The van der Waals surface area contributed by atoms with E-state index in [1.807, 2.05) is 0 Å². The molecule has 0 aromatic heterocycles. The third-order valence-corrected chi connectivity index (χ3v) is 2.39. The fourth-order valence-corrected chi connectivity index (χ4v) is 1.29. The van der Waals surface area contributed by atoms with E-state index in [9.17, 15) is 27.7 Å². The van der Waals surface area contributed by atoms with Crippen LogP contribution in [0.1, 0.15) is 0 Å². The van der Waals surface area contributed by atoms with Gasteiger partial charge in [0.05, 0.1) is 22.4 Å². The minimum atomic E-state index is -1.28. The molecular weight excluding hydrogens is 308 g/mol. The maximum absolute atomic E-state index is 12.4. The molecule has 0 fully saturated rings. The van der Waals surface area contributed by atoms with Gasteiger partial charge in [-0.25, -0.2) is 17.6 Å². The number of anilines is 3. The van der Waals surface area contributed by atoms with Gasteiger partial charge in [0.1, 0.15) is 5.69 Å². The van der Waals surface area contributed by atoms with Crippen molar-refractivity contribution in [3.05, 3.63) is 57.6 Å². The molecule has 2 aromatic carbocycles. The lowest BCUT2D eigenvalue weighted by atomic mass is 10.2. The number of rotatable bonds is 1. The quantitative estimate of drug-likeness (QED) is 0.323. The van der Waals surface area contributed by atoms with E-state index in [-0.39, 0.29) is 17.1 Å². The van der Waals surface area contributed by atoms with Crippen LogP contribution in [-0.2, 0) is 0 Å². The highest BCUT2D eigenvalue weighted by atomic mass is 19.2. The lowest BCUT2D eigenvalue weighted by Gasteiger charge is -1.98. The molecule has 0 saturated carbocycles. The Labute approximate surface area is 121 Å². The van der Waals surface area contributed by atoms with Crippen molar-refractivity contribution in [3.8, 4) is 0 Å². The summed E-state index contributed by atoms with van der Waals surface area (Å²) in [5.41, 5.74) is 14.4. The Morgan fingerprint density at radius 3 is 1.41 bits per heavy atom. The molecule has 2 rings (SSSR count). The van der Waals surface area contributed by atoms with Crippen LogP contribution >= 0.6 is 0 Å². The molecule has 22 heavy (non-hydrogen) atoms. The first-order chi connectivity index (χ1) is 10.1. The van der Waals surface area contributed by atoms with Crippen molar-refractivity contribution < 1.29 is 22.5 Å². The zero-order valence-corrected chi connectivity index (χ0v) is 10.8. The van der Waals surface area contributed by atoms with Gasteiger partial charge in [-0.15, -0.1) is 0 Å². The highest BCUT2D eigenvalue weighted by Gasteiger charge is 2.15. The van der Waals surface area contributed by atoms with Crippen LogP contribution in [0.3, 0.4) is 0 Å². The van der Waals surface area contributed by atoms with Gasteiger partial charge in [-0.3, -0.25) is 10.1 Å². The van der Waals surface area contributed by atoms with Gasteiger partial charge in [0, 0.05) is 18.2 Å². The molecule has 0 radical (unpaired) electrons. The van der Waals surface area contributed by atoms with E-state index < -0.39 is 33.9 Å². The summed E-state index contributed by atoms with van der Waals surface area (Å²) in [5.74, 6) is -4.44. The Kier molecular flexibility index (Phi) is 5.11. The van der Waals surface area contributed by atoms with Crippen LogP contribution in [-0.4, -0.2) is 4.92 Å². The van der Waals surface area contributed by atoms with Gasteiger partial charge in [0.15, 0.2) is 23.3 Å². The van der Waals surface area contributed by atoms with Gasteiger partial charge < -0.3 is 17.2 Å². The molecule has 0 amide bonds. The highest BCUT2D eigenvalue weighted by molar-refractivity contribution is 5.62. The van der Waals surface area contributed by atoms with Gasteiger partial charge >= 0.3 is 0 Å². The highest BCUT2D eigenvalue weighted by Crippen LogP contribution is 2.23. The molecule has 0 aliphatic heterocycles. The minimum Gasteiger partial charge on any atom is -0.397 e. The second-order valence-electron chi connectivity index (χ2n) is 3.98. The van der Waals surface area contributed by atoms with Gasteiger partial charge in [-0.2, -0.15) is 0 Å². The van der Waals surface area contributed by atoms with Crippen molar-refractivity contribution in [3.63, 3.8) is 0 Å². The molecular formula is C12H10F4N4O2. The van der Waals surface area contributed by atoms with E-state index in [0.717, 1.165) is 12.1 Å². The smallest absolute Gasteiger partial charge is 0.295 e. The summed E-state index contributed by atoms with van der Waals surface area (Å²) in [5, 5.41) is 10.1. The first kappa shape index (κ1) is 17.0. The zero-order chi connectivity index (χ0) is 17.0. The first-order valence-corrected chi connectivity index (χ1v) is 5.52. The number of benzene rings is 2. The van der Waals surface area contributed by atoms with E-state index in [4.69, 9.17) is 17.2 Å². The fraction of sp³-hybridized carbons (Fsp3) is 0. The van der Waals surface area contributed by atoms with E-state index >= 15 is 0 Å². The molecule has 0 aliphatic rings. The molecule has 10 heteroatoms. The topological polar surface area (TPSA) is 121 Å². The van der Waals surface area contributed by atoms with Crippen LogP contribution in [0, 0.1) is 33.4 Å². The Hall–Kier alpha value is -3.04. The predicted molar refractivity (Wildman–Crippen MR) is 72.6 cm³/mol. The molecule has 0 saturated heterocycles. The minimum absolute atomic E-state index is 0.0545. The summed E-state index contributed by atoms with van der Waals surface area (Å²) in [4.78, 5) is 9.24. The van der Waals surface area contributed by atoms with Crippen molar-refractivity contribution in [2.45, 2.75) is 0 Å². The largest absolute Gasteiger partial charge is 0.397 e. The van der Waals surface area contributed by atoms with Crippen LogP contribution in [0.4, 0.5) is 40.3 Å². The van der Waals surface area contributed by atoms with Crippen LogP contribution < -0.4 is 17.2 Å². The van der Waals surface area contributed by atoms with Gasteiger partial charge in [-0.05, 0) is 0 Å². The van der Waals surface area contributed by atoms with Crippen molar-refractivity contribution >= 4 is 22.7 Å². The normalized spacial score (nSPS) is 9.82. The Balaban J connectivity index is 0.000000224. The number of hydrogen-bond donors (Lipinski definition) is 3. The third-order valence-electron chi connectivity index (χ3n) is 2.39. The number of nitrogen functional groups attached to an aromatic ring is 3. The SMILES string of the molecule is Nc1cc(F)c(F)cc1N.Nc1cc(F)c(F)cc1[N+](=O)[O-]. The van der Waals surface area contributed by atoms with E-state index in [1.54, 1.807) is 0 Å². The summed E-state index contributed by atoms with van der Waals surface area (Å²) in [6.07, 6.45) is 0. The van der Waals surface area contributed by atoms with Crippen LogP contribution in [0.15, 0.2) is 24.3 Å². The summed E-state index contributed by atoms with van der Waals surface area (Å²) in [7, 11) is 0. The molecule has 118 valence electrons. The summed E-state index contributed by atoms with van der Waals surface area (Å²) in [6.45, 7) is 0.